The Hall–Kier alpha value is -2.15. The number of carbonyl (C=O) groups is 1. The van der Waals surface area contributed by atoms with Gasteiger partial charge in [-0.2, -0.15) is 0 Å². The second-order valence-corrected chi connectivity index (χ2v) is 6.82. The number of carbonyl (C=O) groups excluding carboxylic acids is 1. The molecule has 0 bridgehead atoms. The minimum Gasteiger partial charge on any atom is -0.496 e. The van der Waals surface area contributed by atoms with Crippen molar-refractivity contribution in [2.75, 3.05) is 40.8 Å². The van der Waals surface area contributed by atoms with Crippen LogP contribution >= 0.6 is 0 Å². The van der Waals surface area contributed by atoms with Crippen molar-refractivity contribution in [1.29, 1.82) is 0 Å². The highest BCUT2D eigenvalue weighted by Gasteiger charge is 2.26. The van der Waals surface area contributed by atoms with Crippen molar-refractivity contribution in [2.24, 2.45) is 5.92 Å². The second kappa shape index (κ2) is 8.80. The summed E-state index contributed by atoms with van der Waals surface area (Å²) in [5.41, 5.74) is 0.172. The molecule has 1 heterocycles. The lowest BCUT2D eigenvalue weighted by molar-refractivity contribution is -0.384. The van der Waals surface area contributed by atoms with E-state index in [1.54, 1.807) is 4.90 Å². The molecular formula is C18H27N3O4. The molecule has 1 amide bonds. The highest BCUT2D eigenvalue weighted by atomic mass is 16.6. The molecule has 0 unspecified atom stereocenters. The minimum absolute atomic E-state index is 0.0947. The van der Waals surface area contributed by atoms with Gasteiger partial charge in [-0.1, -0.05) is 0 Å². The zero-order chi connectivity index (χ0) is 18.4. The molecule has 0 spiro atoms. The number of hydrogen-bond acceptors (Lipinski definition) is 5. The molecule has 1 aromatic rings. The molecule has 0 saturated carbocycles. The first kappa shape index (κ1) is 19.2. The first-order valence-corrected chi connectivity index (χ1v) is 8.68. The van der Waals surface area contributed by atoms with E-state index in [0.717, 1.165) is 19.4 Å². The van der Waals surface area contributed by atoms with Gasteiger partial charge in [-0.05, 0) is 58.3 Å². The molecule has 7 heteroatoms. The number of nitro benzene ring substituents is 1. The van der Waals surface area contributed by atoms with Crippen molar-refractivity contribution >= 4 is 11.6 Å². The Morgan fingerprint density at radius 2 is 2.04 bits per heavy atom. The van der Waals surface area contributed by atoms with Crippen LogP contribution in [0.4, 0.5) is 5.69 Å². The summed E-state index contributed by atoms with van der Waals surface area (Å²) in [6, 6.07) is 4.15. The summed E-state index contributed by atoms with van der Waals surface area (Å²) in [5.74, 6) is 0.840. The number of rotatable bonds is 7. The number of amides is 1. The molecule has 1 fully saturated rings. The normalized spacial score (nSPS) is 15.4. The first-order valence-electron chi connectivity index (χ1n) is 8.68. The monoisotopic (exact) mass is 349 g/mol. The highest BCUT2D eigenvalue weighted by molar-refractivity contribution is 5.97. The number of nitrogens with zero attached hydrogens (tertiary/aromatic N) is 3. The summed E-state index contributed by atoms with van der Waals surface area (Å²) in [6.07, 6.45) is 4.32. The van der Waals surface area contributed by atoms with Crippen LogP contribution in [0.1, 0.15) is 36.0 Å². The van der Waals surface area contributed by atoms with Crippen LogP contribution in [0.15, 0.2) is 18.2 Å². The van der Waals surface area contributed by atoms with E-state index in [0.29, 0.717) is 24.8 Å². The maximum Gasteiger partial charge on any atom is 0.270 e. The number of methoxy groups -OCH3 is 1. The molecule has 1 aromatic carbocycles. The van der Waals surface area contributed by atoms with Crippen LogP contribution in [0.5, 0.6) is 5.75 Å². The molecule has 0 N–H and O–H groups in total. The van der Waals surface area contributed by atoms with Gasteiger partial charge in [-0.15, -0.1) is 0 Å². The molecule has 138 valence electrons. The molecule has 0 aromatic heterocycles. The van der Waals surface area contributed by atoms with Crippen molar-refractivity contribution in [1.82, 2.24) is 9.80 Å². The van der Waals surface area contributed by atoms with Gasteiger partial charge in [0.2, 0.25) is 0 Å². The molecule has 0 aliphatic carbocycles. The fourth-order valence-electron chi connectivity index (χ4n) is 3.27. The summed E-state index contributed by atoms with van der Waals surface area (Å²) in [5, 5.41) is 11.0. The van der Waals surface area contributed by atoms with E-state index in [2.05, 4.69) is 19.0 Å². The van der Waals surface area contributed by atoms with Crippen LogP contribution in [0.3, 0.4) is 0 Å². The van der Waals surface area contributed by atoms with Crippen molar-refractivity contribution in [3.63, 3.8) is 0 Å². The van der Waals surface area contributed by atoms with Gasteiger partial charge in [0.05, 0.1) is 17.6 Å². The van der Waals surface area contributed by atoms with E-state index in [9.17, 15) is 14.9 Å². The number of ether oxygens (including phenoxy) is 1. The number of nitro groups is 1. The van der Waals surface area contributed by atoms with Gasteiger partial charge in [-0.3, -0.25) is 14.9 Å². The number of non-ortho nitro benzene ring substituents is 1. The van der Waals surface area contributed by atoms with Gasteiger partial charge in [-0.25, -0.2) is 0 Å². The lowest BCUT2D eigenvalue weighted by Crippen LogP contribution is -2.38. The summed E-state index contributed by atoms with van der Waals surface area (Å²) >= 11 is 0. The minimum atomic E-state index is -0.493. The average molecular weight is 349 g/mol. The Balaban J connectivity index is 1.98. The quantitative estimate of drug-likeness (QED) is 0.559. The van der Waals surface area contributed by atoms with Crippen LogP contribution in [0.25, 0.3) is 0 Å². The standard InChI is InChI=1S/C18H27N3O4/c1-19(2)10-4-5-14-8-11-20(12-9-14)18(22)16-13-15(21(23)24)6-7-17(16)25-3/h6-7,13-14H,4-5,8-12H2,1-3H3. The van der Waals surface area contributed by atoms with Gasteiger partial charge in [0.15, 0.2) is 0 Å². The largest absolute Gasteiger partial charge is 0.496 e. The zero-order valence-corrected chi connectivity index (χ0v) is 15.2. The predicted molar refractivity (Wildman–Crippen MR) is 96.1 cm³/mol. The Morgan fingerprint density at radius 3 is 2.60 bits per heavy atom. The maximum atomic E-state index is 12.8. The zero-order valence-electron chi connectivity index (χ0n) is 15.2. The van der Waals surface area contributed by atoms with Gasteiger partial charge in [0.25, 0.3) is 11.6 Å². The number of piperidine rings is 1. The maximum absolute atomic E-state index is 12.8. The average Bonchev–Trinajstić information content (AvgIpc) is 2.60. The molecule has 0 atom stereocenters. The van der Waals surface area contributed by atoms with E-state index in [1.165, 1.54) is 38.2 Å². The van der Waals surface area contributed by atoms with E-state index in [1.807, 2.05) is 0 Å². The summed E-state index contributed by atoms with van der Waals surface area (Å²) in [6.45, 7) is 2.47. The topological polar surface area (TPSA) is 75.9 Å². The van der Waals surface area contributed by atoms with Crippen LogP contribution in [0.2, 0.25) is 0 Å². The van der Waals surface area contributed by atoms with E-state index >= 15 is 0 Å². The van der Waals surface area contributed by atoms with Crippen molar-refractivity contribution in [3.8, 4) is 5.75 Å². The molecule has 1 aliphatic rings. The smallest absolute Gasteiger partial charge is 0.270 e. The van der Waals surface area contributed by atoms with Crippen LogP contribution in [0, 0.1) is 16.0 Å². The number of hydrogen-bond donors (Lipinski definition) is 0. The molecule has 1 saturated heterocycles. The van der Waals surface area contributed by atoms with Gasteiger partial charge in [0, 0.05) is 25.2 Å². The van der Waals surface area contributed by atoms with E-state index in [-0.39, 0.29) is 17.2 Å². The third-order valence-electron chi connectivity index (χ3n) is 4.74. The van der Waals surface area contributed by atoms with Gasteiger partial charge in [0.1, 0.15) is 5.75 Å². The molecule has 0 radical (unpaired) electrons. The second-order valence-electron chi connectivity index (χ2n) is 6.82. The predicted octanol–water partition coefficient (Wildman–Crippen LogP) is 2.80. The first-order chi connectivity index (χ1) is 11.9. The van der Waals surface area contributed by atoms with Gasteiger partial charge >= 0.3 is 0 Å². The van der Waals surface area contributed by atoms with Crippen molar-refractivity contribution < 1.29 is 14.5 Å². The summed E-state index contributed by atoms with van der Waals surface area (Å²) in [7, 11) is 5.62. The Labute approximate surface area is 148 Å². The van der Waals surface area contributed by atoms with Crippen molar-refractivity contribution in [2.45, 2.75) is 25.7 Å². The van der Waals surface area contributed by atoms with E-state index in [4.69, 9.17) is 4.74 Å². The molecule has 2 rings (SSSR count). The summed E-state index contributed by atoms with van der Waals surface area (Å²) in [4.78, 5) is 27.2. The third-order valence-corrected chi connectivity index (χ3v) is 4.74. The Bertz CT molecular complexity index is 610. The highest BCUT2D eigenvalue weighted by Crippen LogP contribution is 2.28. The fourth-order valence-corrected chi connectivity index (χ4v) is 3.27. The van der Waals surface area contributed by atoms with Crippen LogP contribution in [-0.2, 0) is 0 Å². The Kier molecular flexibility index (Phi) is 6.75. The summed E-state index contributed by atoms with van der Waals surface area (Å²) < 4.78 is 5.21. The third kappa shape index (κ3) is 5.16. The number of likely N-dealkylation sites (tertiary alicyclic amines) is 1. The SMILES string of the molecule is COc1ccc([N+](=O)[O-])cc1C(=O)N1CCC(CCCN(C)C)CC1. The van der Waals surface area contributed by atoms with Crippen molar-refractivity contribution in [3.05, 3.63) is 33.9 Å². The Morgan fingerprint density at radius 1 is 1.36 bits per heavy atom. The van der Waals surface area contributed by atoms with Gasteiger partial charge < -0.3 is 14.5 Å². The van der Waals surface area contributed by atoms with E-state index < -0.39 is 4.92 Å². The fraction of sp³-hybridized carbons (Fsp3) is 0.611. The molecule has 1 aliphatic heterocycles. The lowest BCUT2D eigenvalue weighted by Gasteiger charge is -2.32. The molecular weight excluding hydrogens is 322 g/mol. The van der Waals surface area contributed by atoms with Crippen LogP contribution < -0.4 is 4.74 Å². The number of benzene rings is 1. The molecule has 25 heavy (non-hydrogen) atoms. The molecule has 7 nitrogen and oxygen atoms in total. The lowest BCUT2D eigenvalue weighted by atomic mass is 9.91. The van der Waals surface area contributed by atoms with Crippen LogP contribution in [-0.4, -0.2) is 61.5 Å².